The first-order valence-corrected chi connectivity index (χ1v) is 7.54. The smallest absolute Gasteiger partial charge is 0.143 e. The fraction of sp³-hybridized carbons (Fsp3) is 0.0667. The number of halogens is 2. The Bertz CT molecular complexity index is 742. The standard InChI is InChI=1S/C15H12BrClN4/c16-14-8-12(10-19-15(14)17)18-9-11-6-7-21(20-11)13-4-2-1-3-5-13/h1-8,10,18H,9H2. The number of para-hydroxylation sites is 1. The topological polar surface area (TPSA) is 42.7 Å². The molecule has 1 N–H and O–H groups in total. The largest absolute Gasteiger partial charge is 0.378 e. The molecule has 4 nitrogen and oxygen atoms in total. The predicted molar refractivity (Wildman–Crippen MR) is 87.8 cm³/mol. The van der Waals surface area contributed by atoms with E-state index in [-0.39, 0.29) is 0 Å². The van der Waals surface area contributed by atoms with Gasteiger partial charge in [0.15, 0.2) is 0 Å². The number of nitrogens with zero attached hydrogens (tertiary/aromatic N) is 3. The van der Waals surface area contributed by atoms with Crippen molar-refractivity contribution in [2.45, 2.75) is 6.54 Å². The molecular weight excluding hydrogens is 352 g/mol. The van der Waals surface area contributed by atoms with Gasteiger partial charge in [-0.15, -0.1) is 0 Å². The summed E-state index contributed by atoms with van der Waals surface area (Å²) in [5.41, 5.74) is 2.88. The van der Waals surface area contributed by atoms with E-state index in [1.807, 2.05) is 53.3 Å². The zero-order valence-electron chi connectivity index (χ0n) is 11.0. The quantitative estimate of drug-likeness (QED) is 0.703. The third kappa shape index (κ3) is 3.43. The molecule has 0 atom stereocenters. The Morgan fingerprint density at radius 2 is 2.00 bits per heavy atom. The molecule has 0 bridgehead atoms. The summed E-state index contributed by atoms with van der Waals surface area (Å²) in [7, 11) is 0. The van der Waals surface area contributed by atoms with Gasteiger partial charge in [-0.05, 0) is 40.2 Å². The van der Waals surface area contributed by atoms with Crippen LogP contribution in [0, 0.1) is 0 Å². The minimum Gasteiger partial charge on any atom is -0.378 e. The zero-order valence-corrected chi connectivity index (χ0v) is 13.3. The van der Waals surface area contributed by atoms with Crippen molar-refractivity contribution < 1.29 is 0 Å². The molecule has 0 aliphatic carbocycles. The van der Waals surface area contributed by atoms with Gasteiger partial charge in [-0.2, -0.15) is 5.10 Å². The summed E-state index contributed by atoms with van der Waals surface area (Å²) >= 11 is 9.22. The van der Waals surface area contributed by atoms with Crippen molar-refractivity contribution in [1.29, 1.82) is 0 Å². The number of hydrogen-bond acceptors (Lipinski definition) is 3. The van der Waals surface area contributed by atoms with E-state index < -0.39 is 0 Å². The molecule has 0 saturated heterocycles. The maximum atomic E-state index is 5.87. The molecule has 6 heteroatoms. The first-order chi connectivity index (χ1) is 10.2. The summed E-state index contributed by atoms with van der Waals surface area (Å²) < 4.78 is 2.62. The second-order valence-electron chi connectivity index (χ2n) is 4.44. The maximum absolute atomic E-state index is 5.87. The molecule has 2 heterocycles. The molecular formula is C15H12BrClN4. The lowest BCUT2D eigenvalue weighted by Gasteiger charge is -2.05. The van der Waals surface area contributed by atoms with Crippen LogP contribution >= 0.6 is 27.5 Å². The number of aromatic nitrogens is 3. The van der Waals surface area contributed by atoms with Gasteiger partial charge in [-0.3, -0.25) is 0 Å². The summed E-state index contributed by atoms with van der Waals surface area (Å²) in [6.45, 7) is 0.621. The fourth-order valence-corrected chi connectivity index (χ4v) is 2.34. The van der Waals surface area contributed by atoms with E-state index in [4.69, 9.17) is 11.6 Å². The van der Waals surface area contributed by atoms with Crippen LogP contribution in [0.3, 0.4) is 0 Å². The molecule has 0 amide bonds. The van der Waals surface area contributed by atoms with Gasteiger partial charge >= 0.3 is 0 Å². The molecule has 0 fully saturated rings. The Hall–Kier alpha value is -1.85. The van der Waals surface area contributed by atoms with Gasteiger partial charge in [0.05, 0.1) is 34.3 Å². The highest BCUT2D eigenvalue weighted by Gasteiger charge is 2.03. The third-order valence-corrected chi connectivity index (χ3v) is 4.07. The van der Waals surface area contributed by atoms with E-state index in [1.54, 1.807) is 6.20 Å². The van der Waals surface area contributed by atoms with Crippen LogP contribution in [-0.2, 0) is 6.54 Å². The number of hydrogen-bond donors (Lipinski definition) is 1. The zero-order chi connectivity index (χ0) is 14.7. The summed E-state index contributed by atoms with van der Waals surface area (Å²) in [5, 5.41) is 8.25. The van der Waals surface area contributed by atoms with E-state index in [0.717, 1.165) is 21.5 Å². The number of rotatable bonds is 4. The molecule has 1 aromatic carbocycles. The second-order valence-corrected chi connectivity index (χ2v) is 5.65. The molecule has 0 aliphatic rings. The van der Waals surface area contributed by atoms with Gasteiger partial charge in [-0.25, -0.2) is 9.67 Å². The summed E-state index contributed by atoms with van der Waals surface area (Å²) in [6, 6.07) is 13.9. The third-order valence-electron chi connectivity index (χ3n) is 2.93. The Morgan fingerprint density at radius 1 is 1.19 bits per heavy atom. The van der Waals surface area contributed by atoms with Crippen molar-refractivity contribution in [3.8, 4) is 5.69 Å². The average Bonchev–Trinajstić information content (AvgIpc) is 2.98. The molecule has 0 saturated carbocycles. The number of nitrogens with one attached hydrogen (secondary N) is 1. The van der Waals surface area contributed by atoms with E-state index in [9.17, 15) is 0 Å². The molecule has 0 radical (unpaired) electrons. The van der Waals surface area contributed by atoms with Crippen LogP contribution in [0.5, 0.6) is 0 Å². The number of benzene rings is 1. The second kappa shape index (κ2) is 6.28. The van der Waals surface area contributed by atoms with Crippen LogP contribution in [0.1, 0.15) is 5.69 Å². The van der Waals surface area contributed by atoms with Gasteiger partial charge in [0.2, 0.25) is 0 Å². The minimum atomic E-state index is 0.453. The summed E-state index contributed by atoms with van der Waals surface area (Å²) in [4.78, 5) is 4.07. The molecule has 0 unspecified atom stereocenters. The van der Waals surface area contributed by atoms with E-state index in [1.165, 1.54) is 0 Å². The highest BCUT2D eigenvalue weighted by Crippen LogP contribution is 2.23. The van der Waals surface area contributed by atoms with E-state index in [2.05, 4.69) is 31.3 Å². The van der Waals surface area contributed by atoms with Crippen LogP contribution in [0.4, 0.5) is 5.69 Å². The van der Waals surface area contributed by atoms with Gasteiger partial charge in [0, 0.05) is 6.20 Å². The molecule has 3 rings (SSSR count). The first-order valence-electron chi connectivity index (χ1n) is 6.37. The van der Waals surface area contributed by atoms with Crippen molar-refractivity contribution in [3.63, 3.8) is 0 Å². The van der Waals surface area contributed by atoms with Crippen molar-refractivity contribution in [3.05, 3.63) is 70.2 Å². The predicted octanol–water partition coefficient (Wildman–Crippen LogP) is 4.30. The van der Waals surface area contributed by atoms with E-state index in [0.29, 0.717) is 11.7 Å². The van der Waals surface area contributed by atoms with Crippen LogP contribution < -0.4 is 5.32 Å². The highest BCUT2D eigenvalue weighted by molar-refractivity contribution is 9.10. The molecule has 0 spiro atoms. The lowest BCUT2D eigenvalue weighted by Crippen LogP contribution is -2.02. The van der Waals surface area contributed by atoms with Crippen molar-refractivity contribution >= 4 is 33.2 Å². The average molecular weight is 364 g/mol. The summed E-state index contributed by atoms with van der Waals surface area (Å²) in [6.07, 6.45) is 3.64. The van der Waals surface area contributed by atoms with Gasteiger partial charge < -0.3 is 5.32 Å². The fourth-order valence-electron chi connectivity index (χ4n) is 1.89. The molecule has 0 aliphatic heterocycles. The van der Waals surface area contributed by atoms with Crippen molar-refractivity contribution in [2.24, 2.45) is 0 Å². The monoisotopic (exact) mass is 362 g/mol. The molecule has 3 aromatic rings. The number of pyridine rings is 1. The van der Waals surface area contributed by atoms with Crippen LogP contribution in [0.2, 0.25) is 5.15 Å². The van der Waals surface area contributed by atoms with Crippen LogP contribution in [-0.4, -0.2) is 14.8 Å². The molecule has 106 valence electrons. The lowest BCUT2D eigenvalue weighted by atomic mass is 10.3. The van der Waals surface area contributed by atoms with Gasteiger partial charge in [-0.1, -0.05) is 29.8 Å². The number of anilines is 1. The van der Waals surface area contributed by atoms with Crippen LogP contribution in [0.25, 0.3) is 5.69 Å². The van der Waals surface area contributed by atoms with Crippen molar-refractivity contribution in [2.75, 3.05) is 5.32 Å². The summed E-state index contributed by atoms with van der Waals surface area (Å²) in [5.74, 6) is 0. The SMILES string of the molecule is Clc1ncc(NCc2ccn(-c3ccccc3)n2)cc1Br. The first kappa shape index (κ1) is 14.1. The van der Waals surface area contributed by atoms with Gasteiger partial charge in [0.1, 0.15) is 5.15 Å². The highest BCUT2D eigenvalue weighted by atomic mass is 79.9. The van der Waals surface area contributed by atoms with Gasteiger partial charge in [0.25, 0.3) is 0 Å². The molecule has 21 heavy (non-hydrogen) atoms. The van der Waals surface area contributed by atoms with Crippen LogP contribution in [0.15, 0.2) is 59.3 Å². The maximum Gasteiger partial charge on any atom is 0.143 e. The Morgan fingerprint density at radius 3 is 2.76 bits per heavy atom. The normalized spacial score (nSPS) is 10.6. The van der Waals surface area contributed by atoms with Crippen molar-refractivity contribution in [1.82, 2.24) is 14.8 Å². The minimum absolute atomic E-state index is 0.453. The molecule has 2 aromatic heterocycles. The van der Waals surface area contributed by atoms with E-state index >= 15 is 0 Å². The lowest BCUT2D eigenvalue weighted by molar-refractivity contribution is 0.844. The Labute approximate surface area is 135 Å². The Balaban J connectivity index is 1.69. The Kier molecular flexibility index (Phi) is 4.22.